The van der Waals surface area contributed by atoms with E-state index in [2.05, 4.69) is 39.4 Å². The number of carbonyl (C=O) groups excluding carboxylic acids is 2. The Morgan fingerprint density at radius 1 is 1.17 bits per heavy atom. The van der Waals surface area contributed by atoms with Crippen molar-refractivity contribution in [3.63, 3.8) is 0 Å². The van der Waals surface area contributed by atoms with Crippen molar-refractivity contribution in [1.29, 1.82) is 0 Å². The Morgan fingerprint density at radius 3 is 2.60 bits per heavy atom. The highest BCUT2D eigenvalue weighted by Crippen LogP contribution is 2.40. The molecule has 5 atom stereocenters. The van der Waals surface area contributed by atoms with Crippen LogP contribution < -0.4 is 10.1 Å². The first kappa shape index (κ1) is 23.7. The average molecular weight is 485 g/mol. The highest BCUT2D eigenvalue weighted by molar-refractivity contribution is 5.94. The van der Waals surface area contributed by atoms with Gasteiger partial charge in [0, 0.05) is 48.3 Å². The maximum atomic E-state index is 14.3. The maximum absolute atomic E-state index is 14.3. The van der Waals surface area contributed by atoms with Gasteiger partial charge in [-0.3, -0.25) is 14.7 Å². The van der Waals surface area contributed by atoms with Crippen LogP contribution in [0.15, 0.2) is 18.3 Å². The van der Waals surface area contributed by atoms with Gasteiger partial charge in [-0.25, -0.2) is 9.37 Å². The zero-order chi connectivity index (χ0) is 24.7. The smallest absolute Gasteiger partial charge is 0.272 e. The zero-order valence-corrected chi connectivity index (χ0v) is 20.5. The van der Waals surface area contributed by atoms with Crippen LogP contribution in [0.25, 0.3) is 11.3 Å². The van der Waals surface area contributed by atoms with Crippen molar-refractivity contribution in [3.8, 4) is 17.1 Å². The van der Waals surface area contributed by atoms with Crippen molar-refractivity contribution < 1.29 is 18.7 Å². The highest BCUT2D eigenvalue weighted by atomic mass is 19.1. The van der Waals surface area contributed by atoms with Gasteiger partial charge in [0.15, 0.2) is 5.82 Å². The number of hydrogen-bond acceptors (Lipinski definition) is 6. The van der Waals surface area contributed by atoms with E-state index in [1.54, 1.807) is 6.07 Å². The number of amides is 2. The molecule has 2 aromatic heterocycles. The third-order valence-electron chi connectivity index (χ3n) is 8.00. The van der Waals surface area contributed by atoms with Gasteiger partial charge >= 0.3 is 0 Å². The van der Waals surface area contributed by atoms with E-state index in [1.165, 1.54) is 13.2 Å². The summed E-state index contributed by atoms with van der Waals surface area (Å²) in [4.78, 5) is 34.5. The van der Waals surface area contributed by atoms with Crippen LogP contribution in [0.1, 0.15) is 55.9 Å². The quantitative estimate of drug-likeness (QED) is 0.676. The van der Waals surface area contributed by atoms with Gasteiger partial charge in [0.2, 0.25) is 11.8 Å². The van der Waals surface area contributed by atoms with E-state index in [0.29, 0.717) is 30.3 Å². The minimum atomic E-state index is -0.540. The Balaban J connectivity index is 1.24. The molecule has 3 aliphatic heterocycles. The Labute approximate surface area is 204 Å². The summed E-state index contributed by atoms with van der Waals surface area (Å²) in [7, 11) is 3.56. The number of methoxy groups -OCH3 is 1. The molecule has 0 saturated carbocycles. The van der Waals surface area contributed by atoms with Crippen LogP contribution in [0.5, 0.6) is 5.88 Å². The Hall–Kier alpha value is -3.01. The van der Waals surface area contributed by atoms with Crippen LogP contribution in [-0.4, -0.2) is 81.7 Å². The molecular weight excluding hydrogens is 451 g/mol. The molecule has 9 nitrogen and oxygen atoms in total. The number of hydrogen-bond donors (Lipinski definition) is 2. The lowest BCUT2D eigenvalue weighted by Gasteiger charge is -2.40. The summed E-state index contributed by atoms with van der Waals surface area (Å²) in [5.74, 6) is -0.379. The molecule has 0 radical (unpaired) electrons. The van der Waals surface area contributed by atoms with Crippen molar-refractivity contribution in [3.05, 3.63) is 29.8 Å². The summed E-state index contributed by atoms with van der Waals surface area (Å²) in [5, 5.41) is 10.2. The van der Waals surface area contributed by atoms with Crippen LogP contribution in [0.4, 0.5) is 4.39 Å². The van der Waals surface area contributed by atoms with Crippen molar-refractivity contribution in [2.24, 2.45) is 5.92 Å². The van der Waals surface area contributed by atoms with Crippen molar-refractivity contribution in [1.82, 2.24) is 30.3 Å². The second-order valence-corrected chi connectivity index (χ2v) is 10.2. The van der Waals surface area contributed by atoms with E-state index in [9.17, 15) is 14.0 Å². The first-order chi connectivity index (χ1) is 16.8. The van der Waals surface area contributed by atoms with E-state index in [4.69, 9.17) is 4.74 Å². The predicted octanol–water partition coefficient (Wildman–Crippen LogP) is 2.60. The van der Waals surface area contributed by atoms with E-state index in [1.807, 2.05) is 4.90 Å². The molecule has 3 saturated heterocycles. The van der Waals surface area contributed by atoms with Gasteiger partial charge in [-0.2, -0.15) is 5.10 Å². The van der Waals surface area contributed by atoms with Gasteiger partial charge in [0.1, 0.15) is 5.69 Å². The number of rotatable bonds is 5. The van der Waals surface area contributed by atoms with Crippen molar-refractivity contribution in [2.75, 3.05) is 20.7 Å². The molecular formula is C25H33FN6O3. The number of H-pyrrole nitrogens is 1. The molecule has 3 aliphatic rings. The number of nitrogens with one attached hydrogen (secondary N) is 2. The summed E-state index contributed by atoms with van der Waals surface area (Å²) in [5.41, 5.74) is 0.850. The van der Waals surface area contributed by atoms with Gasteiger partial charge in [-0.1, -0.05) is 0 Å². The molecule has 2 bridgehead atoms. The molecule has 10 heteroatoms. The summed E-state index contributed by atoms with van der Waals surface area (Å²) in [6.45, 7) is 3.10. The third-order valence-corrected chi connectivity index (χ3v) is 8.00. The molecule has 35 heavy (non-hydrogen) atoms. The molecule has 2 N–H and O–H groups in total. The maximum Gasteiger partial charge on any atom is 0.272 e. The van der Waals surface area contributed by atoms with Crippen LogP contribution >= 0.6 is 0 Å². The molecule has 0 spiro atoms. The number of likely N-dealkylation sites (tertiary alicyclic amines) is 1. The summed E-state index contributed by atoms with van der Waals surface area (Å²) < 4.78 is 19.4. The fraction of sp³-hybridized carbons (Fsp3) is 0.600. The average Bonchev–Trinajstić information content (AvgIpc) is 3.44. The van der Waals surface area contributed by atoms with Crippen molar-refractivity contribution >= 4 is 11.8 Å². The second kappa shape index (κ2) is 9.56. The number of piperidine rings is 2. The number of halogens is 1. The van der Waals surface area contributed by atoms with Crippen LogP contribution in [0, 0.1) is 11.7 Å². The van der Waals surface area contributed by atoms with Gasteiger partial charge in [0.25, 0.3) is 5.91 Å². The number of nitrogens with zero attached hydrogens (tertiary/aromatic N) is 4. The molecule has 0 aliphatic carbocycles. The highest BCUT2D eigenvalue weighted by Gasteiger charge is 2.46. The molecule has 188 valence electrons. The fourth-order valence-corrected chi connectivity index (χ4v) is 5.88. The summed E-state index contributed by atoms with van der Waals surface area (Å²) in [6.07, 6.45) is 6.29. The number of aromatic nitrogens is 3. The third kappa shape index (κ3) is 4.63. The van der Waals surface area contributed by atoms with E-state index in [0.717, 1.165) is 38.4 Å². The molecule has 2 aromatic rings. The standard InChI is InChI=1S/C25H33FN6O3/c1-14-4-5-16(13-31(14)2)28-24(33)15-8-17-6-7-18(9-15)32(17)25(34)22-11-21(29-30-22)19-10-23(35-3)27-12-20(19)26/h10-12,14-18H,4-9,13H2,1-3H3,(H,28,33)(H,29,30)/t14-,15?,16+,17-,18+/m1/s1. The zero-order valence-electron chi connectivity index (χ0n) is 20.5. The fourth-order valence-electron chi connectivity index (χ4n) is 5.88. The topological polar surface area (TPSA) is 103 Å². The Bertz CT molecular complexity index is 1090. The van der Waals surface area contributed by atoms with Gasteiger partial charge in [-0.05, 0) is 58.6 Å². The lowest BCUT2D eigenvalue weighted by Crippen LogP contribution is -2.53. The number of pyridine rings is 1. The minimum absolute atomic E-state index is 0.0237. The minimum Gasteiger partial charge on any atom is -0.481 e. The molecule has 5 heterocycles. The lowest BCUT2D eigenvalue weighted by atomic mass is 9.89. The predicted molar refractivity (Wildman–Crippen MR) is 127 cm³/mol. The lowest BCUT2D eigenvalue weighted by molar-refractivity contribution is -0.128. The molecule has 2 amide bonds. The molecule has 0 aromatic carbocycles. The SMILES string of the molecule is COc1cc(-c2cc(C(=O)N3[C@@H]4CC[C@H]3CC(C(=O)N[C@H]3CC[C@@H](C)N(C)C3)C4)[nH]n2)c(F)cn1. The van der Waals surface area contributed by atoms with Crippen LogP contribution in [0.3, 0.4) is 0 Å². The summed E-state index contributed by atoms with van der Waals surface area (Å²) >= 11 is 0. The van der Waals surface area contributed by atoms with E-state index < -0.39 is 5.82 Å². The molecule has 3 fully saturated rings. The second-order valence-electron chi connectivity index (χ2n) is 10.2. The monoisotopic (exact) mass is 484 g/mol. The van der Waals surface area contributed by atoms with Crippen molar-refractivity contribution in [2.45, 2.75) is 69.6 Å². The molecule has 5 rings (SSSR count). The largest absolute Gasteiger partial charge is 0.481 e. The van der Waals surface area contributed by atoms with E-state index >= 15 is 0 Å². The number of fused-ring (bicyclic) bond motifs is 2. The molecule has 1 unspecified atom stereocenters. The van der Waals surface area contributed by atoms with Gasteiger partial charge in [-0.15, -0.1) is 0 Å². The first-order valence-corrected chi connectivity index (χ1v) is 12.4. The van der Waals surface area contributed by atoms with Crippen LogP contribution in [-0.2, 0) is 4.79 Å². The number of ether oxygens (including phenoxy) is 1. The number of likely N-dealkylation sites (N-methyl/N-ethyl adjacent to an activating group) is 1. The van der Waals surface area contributed by atoms with E-state index in [-0.39, 0.29) is 47.3 Å². The Kier molecular flexibility index (Phi) is 6.48. The van der Waals surface area contributed by atoms with Crippen LogP contribution in [0.2, 0.25) is 0 Å². The number of carbonyl (C=O) groups is 2. The number of aromatic amines is 1. The summed E-state index contributed by atoms with van der Waals surface area (Å²) in [6, 6.07) is 3.81. The van der Waals surface area contributed by atoms with Gasteiger partial charge in [0.05, 0.1) is 19.0 Å². The normalized spacial score (nSPS) is 28.7. The Morgan fingerprint density at radius 2 is 1.91 bits per heavy atom. The first-order valence-electron chi connectivity index (χ1n) is 12.4. The van der Waals surface area contributed by atoms with Gasteiger partial charge < -0.3 is 19.9 Å².